The highest BCUT2D eigenvalue weighted by atomic mass is 32.1. The first-order valence-electron chi connectivity index (χ1n) is 7.64. The van der Waals surface area contributed by atoms with Gasteiger partial charge >= 0.3 is 0 Å². The maximum absolute atomic E-state index is 12.6. The van der Waals surface area contributed by atoms with Crippen LogP contribution in [0.15, 0.2) is 29.8 Å². The van der Waals surface area contributed by atoms with Gasteiger partial charge in [-0.1, -0.05) is 6.07 Å². The molecule has 1 amide bonds. The number of carbonyl (C=O) groups is 1. The molecule has 1 unspecified atom stereocenters. The van der Waals surface area contributed by atoms with Gasteiger partial charge in [0.15, 0.2) is 5.65 Å². The smallest absolute Gasteiger partial charge is 0.253 e. The number of fused-ring (bicyclic) bond motifs is 1. The van der Waals surface area contributed by atoms with Crippen LogP contribution in [0.2, 0.25) is 0 Å². The summed E-state index contributed by atoms with van der Waals surface area (Å²) in [6, 6.07) is 7.25. The summed E-state index contributed by atoms with van der Waals surface area (Å²) in [6.45, 7) is 5.68. The van der Waals surface area contributed by atoms with Crippen LogP contribution in [0.25, 0.3) is 21.6 Å². The number of hydrogen-bond acceptors (Lipinski definition) is 5. The van der Waals surface area contributed by atoms with Crippen LogP contribution in [0.1, 0.15) is 37.2 Å². The Balaban J connectivity index is 2.19. The molecule has 3 aromatic heterocycles. The van der Waals surface area contributed by atoms with Gasteiger partial charge in [-0.05, 0) is 38.3 Å². The number of nitrogens with one attached hydrogen (secondary N) is 1. The van der Waals surface area contributed by atoms with Crippen molar-refractivity contribution in [2.24, 2.45) is 0 Å². The van der Waals surface area contributed by atoms with Gasteiger partial charge in [-0.15, -0.1) is 11.3 Å². The van der Waals surface area contributed by atoms with Crippen molar-refractivity contribution in [3.8, 4) is 16.6 Å². The summed E-state index contributed by atoms with van der Waals surface area (Å²) in [5, 5.41) is 18.7. The summed E-state index contributed by atoms with van der Waals surface area (Å²) in [4.78, 5) is 18.3. The van der Waals surface area contributed by atoms with Gasteiger partial charge in [-0.25, -0.2) is 9.67 Å². The second-order valence-electron chi connectivity index (χ2n) is 5.78. The molecule has 0 saturated carbocycles. The highest BCUT2D eigenvalue weighted by Crippen LogP contribution is 2.28. The Bertz CT molecular complexity index is 921. The summed E-state index contributed by atoms with van der Waals surface area (Å²) < 4.78 is 1.80. The average Bonchev–Trinajstić information content (AvgIpc) is 3.22. The number of hydrogen-bond donors (Lipinski definition) is 1. The largest absolute Gasteiger partial charge is 0.337 e. The highest BCUT2D eigenvalue weighted by Gasteiger charge is 2.19. The van der Waals surface area contributed by atoms with Crippen molar-refractivity contribution in [1.29, 1.82) is 5.26 Å². The first-order valence-corrected chi connectivity index (χ1v) is 8.52. The van der Waals surface area contributed by atoms with E-state index >= 15 is 0 Å². The van der Waals surface area contributed by atoms with E-state index in [1.165, 1.54) is 0 Å². The zero-order chi connectivity index (χ0) is 17.3. The fraction of sp³-hybridized carbons (Fsp3) is 0.294. The predicted molar refractivity (Wildman–Crippen MR) is 93.8 cm³/mol. The normalized spacial score (nSPS) is 12.3. The monoisotopic (exact) mass is 339 g/mol. The maximum Gasteiger partial charge on any atom is 0.253 e. The molecule has 0 fully saturated rings. The molecule has 24 heavy (non-hydrogen) atoms. The molecule has 0 spiro atoms. The number of thiophene rings is 1. The molecule has 0 saturated heterocycles. The molecule has 3 heterocycles. The molecule has 0 radical (unpaired) electrons. The second-order valence-corrected chi connectivity index (χ2v) is 6.72. The topological polar surface area (TPSA) is 83.6 Å². The van der Waals surface area contributed by atoms with Gasteiger partial charge in [0.1, 0.15) is 6.04 Å². The van der Waals surface area contributed by atoms with Crippen LogP contribution in [-0.2, 0) is 0 Å². The summed E-state index contributed by atoms with van der Waals surface area (Å²) in [5.74, 6) is -0.294. The molecule has 0 aromatic carbocycles. The van der Waals surface area contributed by atoms with Crippen molar-refractivity contribution in [3.05, 3.63) is 35.3 Å². The Kier molecular flexibility index (Phi) is 4.32. The quantitative estimate of drug-likeness (QED) is 0.790. The number of rotatable bonds is 4. The van der Waals surface area contributed by atoms with E-state index in [1.54, 1.807) is 35.2 Å². The van der Waals surface area contributed by atoms with Gasteiger partial charge in [0.05, 0.1) is 33.8 Å². The molecule has 1 atom stereocenters. The average molecular weight is 339 g/mol. The minimum atomic E-state index is -0.564. The van der Waals surface area contributed by atoms with E-state index in [0.717, 1.165) is 10.6 Å². The molecule has 0 bridgehead atoms. The van der Waals surface area contributed by atoms with E-state index in [0.29, 0.717) is 16.6 Å². The third-order valence-corrected chi connectivity index (χ3v) is 4.51. The Labute approximate surface area is 143 Å². The predicted octanol–water partition coefficient (Wildman–Crippen LogP) is 3.38. The third kappa shape index (κ3) is 2.88. The van der Waals surface area contributed by atoms with Crippen molar-refractivity contribution in [2.45, 2.75) is 32.9 Å². The fourth-order valence-corrected chi connectivity index (χ4v) is 3.13. The van der Waals surface area contributed by atoms with Gasteiger partial charge in [0, 0.05) is 6.04 Å². The standard InChI is InChI=1S/C17H17N5OS/c1-10(2)22-16-13(9-19-22)12(17(23)20-11(3)8-18)7-14(21-16)15-5-4-6-24-15/h4-7,9-11H,1-3H3,(H,20,23). The van der Waals surface area contributed by atoms with Crippen LogP contribution >= 0.6 is 11.3 Å². The van der Waals surface area contributed by atoms with Gasteiger partial charge in [-0.2, -0.15) is 10.4 Å². The molecule has 0 aliphatic heterocycles. The van der Waals surface area contributed by atoms with Gasteiger partial charge in [0.2, 0.25) is 0 Å². The van der Waals surface area contributed by atoms with Crippen molar-refractivity contribution in [2.75, 3.05) is 0 Å². The minimum absolute atomic E-state index is 0.127. The van der Waals surface area contributed by atoms with Gasteiger partial charge in [0.25, 0.3) is 5.91 Å². The van der Waals surface area contributed by atoms with E-state index in [2.05, 4.69) is 10.4 Å². The van der Waals surface area contributed by atoms with Gasteiger partial charge in [-0.3, -0.25) is 4.79 Å². The third-order valence-electron chi connectivity index (χ3n) is 3.62. The van der Waals surface area contributed by atoms with Crippen molar-refractivity contribution in [3.63, 3.8) is 0 Å². The Morgan fingerprint density at radius 1 is 1.42 bits per heavy atom. The van der Waals surface area contributed by atoms with Crippen molar-refractivity contribution >= 4 is 28.3 Å². The van der Waals surface area contributed by atoms with Crippen molar-refractivity contribution in [1.82, 2.24) is 20.1 Å². The summed E-state index contributed by atoms with van der Waals surface area (Å²) in [5.41, 5.74) is 1.89. The SMILES string of the molecule is CC(C#N)NC(=O)c1cc(-c2cccs2)nc2c1cnn2C(C)C. The molecular formula is C17H17N5OS. The maximum atomic E-state index is 12.6. The summed E-state index contributed by atoms with van der Waals surface area (Å²) in [7, 11) is 0. The zero-order valence-corrected chi connectivity index (χ0v) is 14.5. The Morgan fingerprint density at radius 2 is 2.21 bits per heavy atom. The Morgan fingerprint density at radius 3 is 2.83 bits per heavy atom. The van der Waals surface area contributed by atoms with Crippen LogP contribution in [0.4, 0.5) is 0 Å². The molecule has 3 rings (SSSR count). The first kappa shape index (κ1) is 16.1. The van der Waals surface area contributed by atoms with Crippen LogP contribution in [0.5, 0.6) is 0 Å². The fourth-order valence-electron chi connectivity index (χ4n) is 2.44. The molecule has 122 valence electrons. The number of pyridine rings is 1. The zero-order valence-electron chi connectivity index (χ0n) is 13.6. The van der Waals surface area contributed by atoms with Crippen LogP contribution in [0, 0.1) is 11.3 Å². The molecule has 7 heteroatoms. The Hall–Kier alpha value is -2.72. The number of aromatic nitrogens is 3. The van der Waals surface area contributed by atoms with E-state index in [9.17, 15) is 4.79 Å². The van der Waals surface area contributed by atoms with Crippen LogP contribution < -0.4 is 5.32 Å². The van der Waals surface area contributed by atoms with Crippen molar-refractivity contribution < 1.29 is 4.79 Å². The minimum Gasteiger partial charge on any atom is -0.337 e. The van der Waals surface area contributed by atoms with E-state index in [4.69, 9.17) is 10.2 Å². The summed E-state index contributed by atoms with van der Waals surface area (Å²) >= 11 is 1.56. The number of carbonyl (C=O) groups excluding carboxylic acids is 1. The molecule has 0 aliphatic rings. The molecule has 0 aliphatic carbocycles. The lowest BCUT2D eigenvalue weighted by Gasteiger charge is -2.11. The number of nitrogens with zero attached hydrogens (tertiary/aromatic N) is 4. The lowest BCUT2D eigenvalue weighted by molar-refractivity contribution is 0.0949. The summed E-state index contributed by atoms with van der Waals surface area (Å²) in [6.07, 6.45) is 1.66. The molecule has 6 nitrogen and oxygen atoms in total. The number of amides is 1. The molecule has 1 N–H and O–H groups in total. The number of nitriles is 1. The molecule has 3 aromatic rings. The highest BCUT2D eigenvalue weighted by molar-refractivity contribution is 7.13. The van der Waals surface area contributed by atoms with E-state index in [-0.39, 0.29) is 11.9 Å². The van der Waals surface area contributed by atoms with Gasteiger partial charge < -0.3 is 5.32 Å². The van der Waals surface area contributed by atoms with Crippen LogP contribution in [-0.4, -0.2) is 26.7 Å². The van der Waals surface area contributed by atoms with E-state index in [1.807, 2.05) is 37.4 Å². The molecular weight excluding hydrogens is 322 g/mol. The van der Waals surface area contributed by atoms with E-state index < -0.39 is 6.04 Å². The van der Waals surface area contributed by atoms with Crippen LogP contribution in [0.3, 0.4) is 0 Å². The lowest BCUT2D eigenvalue weighted by atomic mass is 10.1. The second kappa shape index (κ2) is 6.42. The lowest BCUT2D eigenvalue weighted by Crippen LogP contribution is -2.31. The first-order chi connectivity index (χ1) is 11.5.